The molecule has 20 heavy (non-hydrogen) atoms. The highest BCUT2D eigenvalue weighted by molar-refractivity contribution is 5.96. The van der Waals surface area contributed by atoms with Crippen molar-refractivity contribution in [3.05, 3.63) is 24.3 Å². The maximum absolute atomic E-state index is 12.3. The van der Waals surface area contributed by atoms with Gasteiger partial charge in [0.05, 0.1) is 12.3 Å². The fraction of sp³-hybridized carbons (Fsp3) is 0.429. The number of para-hydroxylation sites is 2. The number of carboxylic acid groups (broad SMARTS) is 1. The summed E-state index contributed by atoms with van der Waals surface area (Å²) in [5.41, 5.74) is -0.664. The first-order chi connectivity index (χ1) is 9.42. The van der Waals surface area contributed by atoms with Gasteiger partial charge < -0.3 is 15.2 Å². The molecule has 1 aromatic carbocycles. The van der Waals surface area contributed by atoms with E-state index >= 15 is 0 Å². The van der Waals surface area contributed by atoms with Crippen molar-refractivity contribution in [3.63, 3.8) is 0 Å². The Hall–Kier alpha value is -2.24. The molecule has 0 saturated heterocycles. The van der Waals surface area contributed by atoms with Crippen molar-refractivity contribution >= 4 is 17.7 Å². The number of urea groups is 1. The van der Waals surface area contributed by atoms with Crippen LogP contribution in [0.25, 0.3) is 0 Å². The molecule has 1 aliphatic heterocycles. The van der Waals surface area contributed by atoms with E-state index in [1.54, 1.807) is 12.1 Å². The minimum Gasteiger partial charge on any atom is -0.491 e. The molecule has 0 bridgehead atoms. The Labute approximate surface area is 117 Å². The molecule has 0 saturated carbocycles. The lowest BCUT2D eigenvalue weighted by molar-refractivity contribution is -0.142. The second-order valence-electron chi connectivity index (χ2n) is 5.18. The monoisotopic (exact) mass is 278 g/mol. The molecule has 0 radical (unpaired) electrons. The maximum atomic E-state index is 12.3. The predicted molar refractivity (Wildman–Crippen MR) is 74.1 cm³/mol. The molecule has 0 aromatic heterocycles. The molecule has 2 amide bonds. The molecule has 6 heteroatoms. The molecule has 0 aliphatic carbocycles. The number of ether oxygens (including phenoxy) is 1. The topological polar surface area (TPSA) is 78.9 Å². The second-order valence-corrected chi connectivity index (χ2v) is 5.18. The summed E-state index contributed by atoms with van der Waals surface area (Å²) in [6.45, 7) is 3.92. The number of nitrogens with one attached hydrogen (secondary N) is 1. The number of rotatable bonds is 2. The maximum Gasteiger partial charge on any atom is 0.328 e. The van der Waals surface area contributed by atoms with Gasteiger partial charge in [0.1, 0.15) is 11.3 Å². The van der Waals surface area contributed by atoms with Crippen LogP contribution in [0.5, 0.6) is 5.75 Å². The van der Waals surface area contributed by atoms with Gasteiger partial charge in [-0.2, -0.15) is 0 Å². The Morgan fingerprint density at radius 3 is 2.75 bits per heavy atom. The molecule has 0 fully saturated rings. The van der Waals surface area contributed by atoms with Crippen LogP contribution in [0.3, 0.4) is 0 Å². The number of carboxylic acids is 1. The first kappa shape index (κ1) is 14.2. The van der Waals surface area contributed by atoms with Gasteiger partial charge in [0, 0.05) is 6.54 Å². The van der Waals surface area contributed by atoms with Crippen molar-refractivity contribution in [2.24, 2.45) is 0 Å². The van der Waals surface area contributed by atoms with Gasteiger partial charge >= 0.3 is 12.0 Å². The average Bonchev–Trinajstić information content (AvgIpc) is 2.60. The van der Waals surface area contributed by atoms with Crippen molar-refractivity contribution in [3.8, 4) is 5.75 Å². The van der Waals surface area contributed by atoms with Gasteiger partial charge in [-0.3, -0.25) is 4.90 Å². The summed E-state index contributed by atoms with van der Waals surface area (Å²) in [5, 5.41) is 11.6. The largest absolute Gasteiger partial charge is 0.491 e. The summed E-state index contributed by atoms with van der Waals surface area (Å²) >= 11 is 0. The number of nitrogens with zero attached hydrogens (tertiary/aromatic N) is 1. The average molecular weight is 278 g/mol. The highest BCUT2D eigenvalue weighted by Crippen LogP contribution is 2.30. The number of anilines is 1. The van der Waals surface area contributed by atoms with E-state index in [-0.39, 0.29) is 0 Å². The fourth-order valence-electron chi connectivity index (χ4n) is 1.93. The van der Waals surface area contributed by atoms with E-state index in [1.165, 1.54) is 18.7 Å². The minimum absolute atomic E-state index is 0.435. The zero-order valence-electron chi connectivity index (χ0n) is 11.5. The van der Waals surface area contributed by atoms with Crippen LogP contribution in [0.15, 0.2) is 24.3 Å². The van der Waals surface area contributed by atoms with Crippen LogP contribution in [0.2, 0.25) is 0 Å². The number of fused-ring (bicyclic) bond motifs is 1. The van der Waals surface area contributed by atoms with Crippen LogP contribution in [-0.2, 0) is 4.79 Å². The Bertz CT molecular complexity index is 528. The van der Waals surface area contributed by atoms with Gasteiger partial charge in [0.15, 0.2) is 0 Å². The zero-order chi connectivity index (χ0) is 14.8. The van der Waals surface area contributed by atoms with E-state index in [4.69, 9.17) is 9.84 Å². The molecule has 1 aliphatic rings. The van der Waals surface area contributed by atoms with Gasteiger partial charge in [0.2, 0.25) is 0 Å². The predicted octanol–water partition coefficient (Wildman–Crippen LogP) is 1.85. The van der Waals surface area contributed by atoms with E-state index in [1.807, 2.05) is 12.1 Å². The third-order valence-electron chi connectivity index (χ3n) is 3.14. The Morgan fingerprint density at radius 1 is 1.35 bits per heavy atom. The third-order valence-corrected chi connectivity index (χ3v) is 3.14. The van der Waals surface area contributed by atoms with Crippen LogP contribution >= 0.6 is 0 Å². The first-order valence-corrected chi connectivity index (χ1v) is 6.47. The number of benzene rings is 1. The number of aliphatic carboxylic acids is 1. The van der Waals surface area contributed by atoms with Crippen molar-refractivity contribution < 1.29 is 19.4 Å². The van der Waals surface area contributed by atoms with Crippen molar-refractivity contribution in [1.82, 2.24) is 5.32 Å². The second kappa shape index (κ2) is 5.40. The van der Waals surface area contributed by atoms with E-state index in [2.05, 4.69) is 5.32 Å². The molecular formula is C14H18N2O4. The van der Waals surface area contributed by atoms with Gasteiger partial charge in [-0.25, -0.2) is 9.59 Å². The molecule has 0 unspecified atom stereocenters. The van der Waals surface area contributed by atoms with E-state index in [9.17, 15) is 9.59 Å². The third kappa shape index (κ3) is 2.84. The summed E-state index contributed by atoms with van der Waals surface area (Å²) < 4.78 is 5.57. The first-order valence-electron chi connectivity index (χ1n) is 6.47. The van der Waals surface area contributed by atoms with Gasteiger partial charge in [0.25, 0.3) is 0 Å². The van der Waals surface area contributed by atoms with Crippen LogP contribution in [0.4, 0.5) is 10.5 Å². The van der Waals surface area contributed by atoms with Crippen LogP contribution in [0.1, 0.15) is 20.3 Å². The SMILES string of the molecule is CC(C)(NC(=O)N1CCCOc2ccccc21)C(=O)O. The molecule has 0 atom stereocenters. The normalized spacial score (nSPS) is 14.8. The Kier molecular flexibility index (Phi) is 3.83. The van der Waals surface area contributed by atoms with Crippen molar-refractivity contribution in [2.75, 3.05) is 18.1 Å². The lowest BCUT2D eigenvalue weighted by Crippen LogP contribution is -2.54. The van der Waals surface area contributed by atoms with E-state index in [0.29, 0.717) is 31.0 Å². The summed E-state index contributed by atoms with van der Waals surface area (Å²) in [6.07, 6.45) is 0.690. The lowest BCUT2D eigenvalue weighted by atomic mass is 10.1. The number of carbonyl (C=O) groups is 2. The number of hydrogen-bond donors (Lipinski definition) is 2. The fourth-order valence-corrected chi connectivity index (χ4v) is 1.93. The molecule has 0 spiro atoms. The van der Waals surface area contributed by atoms with Crippen LogP contribution < -0.4 is 15.0 Å². The highest BCUT2D eigenvalue weighted by Gasteiger charge is 2.32. The lowest BCUT2D eigenvalue weighted by Gasteiger charge is -2.27. The standard InChI is InChI=1S/C14H18N2O4/c1-14(2,12(17)18)15-13(19)16-8-5-9-20-11-7-4-3-6-10(11)16/h3-4,6-7H,5,8-9H2,1-2H3,(H,15,19)(H,17,18). The Balaban J connectivity index is 2.24. The minimum atomic E-state index is -1.32. The Morgan fingerprint density at radius 2 is 2.05 bits per heavy atom. The molecule has 108 valence electrons. The summed E-state index contributed by atoms with van der Waals surface area (Å²) in [4.78, 5) is 24.9. The quantitative estimate of drug-likeness (QED) is 0.865. The zero-order valence-corrected chi connectivity index (χ0v) is 11.5. The molecule has 1 aromatic rings. The number of amides is 2. The van der Waals surface area contributed by atoms with Crippen LogP contribution in [-0.4, -0.2) is 35.8 Å². The highest BCUT2D eigenvalue weighted by atomic mass is 16.5. The van der Waals surface area contributed by atoms with Gasteiger partial charge in [-0.1, -0.05) is 12.1 Å². The molecule has 1 heterocycles. The molecule has 2 rings (SSSR count). The number of carbonyl (C=O) groups excluding carboxylic acids is 1. The summed E-state index contributed by atoms with van der Waals surface area (Å²) in [7, 11) is 0. The summed E-state index contributed by atoms with van der Waals surface area (Å²) in [5.74, 6) is -0.446. The smallest absolute Gasteiger partial charge is 0.328 e. The van der Waals surface area contributed by atoms with Gasteiger partial charge in [-0.05, 0) is 32.4 Å². The van der Waals surface area contributed by atoms with Gasteiger partial charge in [-0.15, -0.1) is 0 Å². The molecule has 2 N–H and O–H groups in total. The summed E-state index contributed by atoms with van der Waals surface area (Å²) in [6, 6.07) is 6.80. The van der Waals surface area contributed by atoms with Crippen molar-refractivity contribution in [1.29, 1.82) is 0 Å². The van der Waals surface area contributed by atoms with Crippen LogP contribution in [0, 0.1) is 0 Å². The molecular weight excluding hydrogens is 260 g/mol. The molecule has 6 nitrogen and oxygen atoms in total. The van der Waals surface area contributed by atoms with E-state index < -0.39 is 17.5 Å². The van der Waals surface area contributed by atoms with E-state index in [0.717, 1.165) is 0 Å². The number of hydrogen-bond acceptors (Lipinski definition) is 3. The van der Waals surface area contributed by atoms with Crippen molar-refractivity contribution in [2.45, 2.75) is 25.8 Å².